The Morgan fingerprint density at radius 1 is 0.651 bits per heavy atom. The maximum Gasteiger partial charge on any atom is 0.259 e. The molecule has 43 heavy (non-hydrogen) atoms. The molecule has 0 N–H and O–H groups in total. The molecule has 1 saturated heterocycles. The first-order valence-corrected chi connectivity index (χ1v) is 14.4. The molecule has 0 spiro atoms. The third-order valence-electron chi connectivity index (χ3n) is 8.44. The lowest BCUT2D eigenvalue weighted by molar-refractivity contribution is -0.133. The van der Waals surface area contributed by atoms with Gasteiger partial charge in [-0.2, -0.15) is 0 Å². The largest absolute Gasteiger partial charge is 0.497 e. The lowest BCUT2D eigenvalue weighted by Crippen LogP contribution is -2.53. The van der Waals surface area contributed by atoms with E-state index in [2.05, 4.69) is 4.90 Å². The van der Waals surface area contributed by atoms with Crippen LogP contribution in [-0.2, 0) is 4.79 Å². The normalized spacial score (nSPS) is 18.2. The Morgan fingerprint density at radius 3 is 1.72 bits per heavy atom. The molecular formula is C35H35N3O5. The molecule has 4 aromatic carbocycles. The summed E-state index contributed by atoms with van der Waals surface area (Å²) in [7, 11) is 4.89. The summed E-state index contributed by atoms with van der Waals surface area (Å²) in [6, 6.07) is 30.0. The minimum atomic E-state index is -0.600. The number of anilines is 2. The molecule has 0 aromatic heterocycles. The first-order valence-electron chi connectivity index (χ1n) is 14.4. The van der Waals surface area contributed by atoms with Crippen LogP contribution in [0.2, 0.25) is 0 Å². The van der Waals surface area contributed by atoms with E-state index in [9.17, 15) is 9.59 Å². The lowest BCUT2D eigenvalue weighted by atomic mass is 9.78. The Balaban J connectivity index is 1.38. The van der Waals surface area contributed by atoms with Crippen molar-refractivity contribution in [1.82, 2.24) is 4.90 Å². The summed E-state index contributed by atoms with van der Waals surface area (Å²) in [4.78, 5) is 34.8. The van der Waals surface area contributed by atoms with Gasteiger partial charge in [0.25, 0.3) is 5.91 Å². The van der Waals surface area contributed by atoms with Gasteiger partial charge in [-0.25, -0.2) is 0 Å². The second-order valence-corrected chi connectivity index (χ2v) is 10.7. The molecule has 2 aliphatic heterocycles. The van der Waals surface area contributed by atoms with Crippen LogP contribution in [0.5, 0.6) is 17.2 Å². The standard InChI is InChI=1S/C35H35N3O5/c1-41-27-14-8-24(9-15-27)33-32(35(40)37-22-20-36(21-23-37)25-10-16-28(42-2)17-11-25)30-6-4-5-7-31(30)34(39)38(33)26-12-18-29(43-3)19-13-26/h4-19,32-33H,20-23H2,1-3H3/t32-,33-/m1/s1. The van der Waals surface area contributed by atoms with Crippen molar-refractivity contribution in [3.8, 4) is 17.2 Å². The van der Waals surface area contributed by atoms with Gasteiger partial charge >= 0.3 is 0 Å². The highest BCUT2D eigenvalue weighted by atomic mass is 16.5. The quantitative estimate of drug-likeness (QED) is 0.287. The number of amides is 2. The number of nitrogens with zero attached hydrogens (tertiary/aromatic N) is 3. The minimum Gasteiger partial charge on any atom is -0.497 e. The van der Waals surface area contributed by atoms with Crippen molar-refractivity contribution >= 4 is 23.2 Å². The van der Waals surface area contributed by atoms with Gasteiger partial charge in [0.15, 0.2) is 0 Å². The van der Waals surface area contributed by atoms with Gasteiger partial charge in [-0.3, -0.25) is 14.5 Å². The average molecular weight is 578 g/mol. The van der Waals surface area contributed by atoms with Crippen LogP contribution in [0.1, 0.15) is 33.4 Å². The topological polar surface area (TPSA) is 71.6 Å². The molecule has 0 aliphatic carbocycles. The van der Waals surface area contributed by atoms with Crippen LogP contribution < -0.4 is 24.0 Å². The summed E-state index contributed by atoms with van der Waals surface area (Å²) in [5.41, 5.74) is 3.94. The highest BCUT2D eigenvalue weighted by molar-refractivity contribution is 6.11. The molecule has 2 heterocycles. The Labute approximate surface area is 252 Å². The fourth-order valence-electron chi connectivity index (χ4n) is 6.14. The molecule has 6 rings (SSSR count). The van der Waals surface area contributed by atoms with Crippen LogP contribution >= 0.6 is 0 Å². The molecule has 0 bridgehead atoms. The smallest absolute Gasteiger partial charge is 0.259 e. The molecule has 4 aromatic rings. The fourth-order valence-corrected chi connectivity index (χ4v) is 6.14. The summed E-state index contributed by atoms with van der Waals surface area (Å²) < 4.78 is 16.1. The average Bonchev–Trinajstić information content (AvgIpc) is 3.08. The van der Waals surface area contributed by atoms with Crippen LogP contribution in [0, 0.1) is 0 Å². The molecule has 1 fully saturated rings. The SMILES string of the molecule is COc1ccc([C@@H]2[C@H](C(=O)N3CCN(c4ccc(OC)cc4)CC3)c3ccccc3C(=O)N2c2ccc(OC)cc2)cc1. The van der Waals surface area contributed by atoms with Gasteiger partial charge < -0.3 is 24.0 Å². The van der Waals surface area contributed by atoms with E-state index >= 15 is 0 Å². The van der Waals surface area contributed by atoms with E-state index in [-0.39, 0.29) is 11.8 Å². The lowest BCUT2D eigenvalue weighted by Gasteiger charge is -2.44. The maximum absolute atomic E-state index is 14.6. The molecule has 2 aliphatic rings. The van der Waals surface area contributed by atoms with Crippen molar-refractivity contribution < 1.29 is 23.8 Å². The zero-order valence-electron chi connectivity index (χ0n) is 24.6. The predicted octanol–water partition coefficient (Wildman–Crippen LogP) is 5.55. The van der Waals surface area contributed by atoms with Crippen LogP contribution in [0.3, 0.4) is 0 Å². The number of methoxy groups -OCH3 is 3. The van der Waals surface area contributed by atoms with Gasteiger partial charge in [0.2, 0.25) is 5.91 Å². The van der Waals surface area contributed by atoms with Crippen molar-refractivity contribution in [3.05, 3.63) is 114 Å². The van der Waals surface area contributed by atoms with E-state index in [0.717, 1.165) is 22.6 Å². The second-order valence-electron chi connectivity index (χ2n) is 10.7. The Morgan fingerprint density at radius 2 is 1.16 bits per heavy atom. The molecule has 0 saturated carbocycles. The summed E-state index contributed by atoms with van der Waals surface area (Å²) in [6.07, 6.45) is 0. The zero-order chi connectivity index (χ0) is 29.9. The molecule has 0 radical (unpaired) electrons. The van der Waals surface area contributed by atoms with Crippen molar-refractivity contribution in [2.45, 2.75) is 12.0 Å². The Hall–Kier alpha value is -4.98. The minimum absolute atomic E-state index is 0.00802. The summed E-state index contributed by atoms with van der Waals surface area (Å²) in [6.45, 7) is 2.58. The molecule has 8 nitrogen and oxygen atoms in total. The predicted molar refractivity (Wildman–Crippen MR) is 167 cm³/mol. The number of hydrogen-bond donors (Lipinski definition) is 0. The number of benzene rings is 4. The van der Waals surface area contributed by atoms with Crippen LogP contribution in [-0.4, -0.2) is 64.2 Å². The van der Waals surface area contributed by atoms with Crippen LogP contribution in [0.15, 0.2) is 97.1 Å². The monoisotopic (exact) mass is 577 g/mol. The van der Waals surface area contributed by atoms with Gasteiger partial charge in [-0.15, -0.1) is 0 Å². The highest BCUT2D eigenvalue weighted by Crippen LogP contribution is 2.46. The van der Waals surface area contributed by atoms with Crippen molar-refractivity contribution in [3.63, 3.8) is 0 Å². The number of hydrogen-bond acceptors (Lipinski definition) is 6. The number of fused-ring (bicyclic) bond motifs is 1. The highest BCUT2D eigenvalue weighted by Gasteiger charge is 2.46. The number of piperazine rings is 1. The molecule has 2 amide bonds. The Kier molecular flexibility index (Phi) is 7.92. The Bertz CT molecular complexity index is 1580. The van der Waals surface area contributed by atoms with Gasteiger partial charge in [0, 0.05) is 43.1 Å². The molecule has 2 atom stereocenters. The van der Waals surface area contributed by atoms with Crippen molar-refractivity contribution in [1.29, 1.82) is 0 Å². The van der Waals surface area contributed by atoms with E-state index in [4.69, 9.17) is 14.2 Å². The number of carbonyl (C=O) groups is 2. The third kappa shape index (κ3) is 5.36. The van der Waals surface area contributed by atoms with Gasteiger partial charge in [-0.05, 0) is 77.9 Å². The third-order valence-corrected chi connectivity index (χ3v) is 8.44. The van der Waals surface area contributed by atoms with Crippen molar-refractivity contribution in [2.24, 2.45) is 0 Å². The first kappa shape index (κ1) is 28.2. The molecular weight excluding hydrogens is 542 g/mol. The van der Waals surface area contributed by atoms with Gasteiger partial charge in [0.05, 0.1) is 33.3 Å². The summed E-state index contributed by atoms with van der Waals surface area (Å²) in [5.74, 6) is 1.48. The van der Waals surface area contributed by atoms with E-state index in [0.29, 0.717) is 48.9 Å². The first-order chi connectivity index (χ1) is 21.0. The summed E-state index contributed by atoms with van der Waals surface area (Å²) in [5, 5.41) is 0. The second kappa shape index (κ2) is 12.1. The molecule has 220 valence electrons. The molecule has 0 unspecified atom stereocenters. The van der Waals surface area contributed by atoms with Crippen LogP contribution in [0.25, 0.3) is 0 Å². The van der Waals surface area contributed by atoms with E-state index in [1.165, 1.54) is 0 Å². The summed E-state index contributed by atoms with van der Waals surface area (Å²) >= 11 is 0. The number of rotatable bonds is 7. The van der Waals surface area contributed by atoms with Gasteiger partial charge in [0.1, 0.15) is 17.2 Å². The number of carbonyl (C=O) groups excluding carboxylic acids is 2. The van der Waals surface area contributed by atoms with Gasteiger partial charge in [-0.1, -0.05) is 30.3 Å². The zero-order valence-corrected chi connectivity index (χ0v) is 24.6. The molecule has 8 heteroatoms. The van der Waals surface area contributed by atoms with E-state index < -0.39 is 12.0 Å². The van der Waals surface area contributed by atoms with E-state index in [1.54, 1.807) is 26.2 Å². The van der Waals surface area contributed by atoms with E-state index in [1.807, 2.05) is 102 Å². The fraction of sp³-hybridized carbons (Fsp3) is 0.257. The van der Waals surface area contributed by atoms with Crippen molar-refractivity contribution in [2.75, 3.05) is 57.3 Å². The maximum atomic E-state index is 14.6. The number of ether oxygens (including phenoxy) is 3. The van der Waals surface area contributed by atoms with Crippen LogP contribution in [0.4, 0.5) is 11.4 Å².